The minimum absolute atomic E-state index is 0.0551. The highest BCUT2D eigenvalue weighted by Crippen LogP contribution is 2.34. The monoisotopic (exact) mass is 569 g/mol. The van der Waals surface area contributed by atoms with E-state index in [2.05, 4.69) is 79.0 Å². The summed E-state index contributed by atoms with van der Waals surface area (Å²) in [5.74, 6) is 1.41. The number of methoxy groups -OCH3 is 1. The molecule has 218 valence electrons. The maximum absolute atomic E-state index is 14.1. The lowest BCUT2D eigenvalue weighted by atomic mass is 9.89. The number of ether oxygens (including phenoxy) is 1. The van der Waals surface area contributed by atoms with E-state index in [0.717, 1.165) is 66.7 Å². The Kier molecular flexibility index (Phi) is 8.69. The van der Waals surface area contributed by atoms with E-state index in [-0.39, 0.29) is 5.91 Å². The molecule has 0 saturated carbocycles. The van der Waals surface area contributed by atoms with Crippen molar-refractivity contribution < 1.29 is 9.53 Å². The van der Waals surface area contributed by atoms with E-state index >= 15 is 0 Å². The average Bonchev–Trinajstić information content (AvgIpc) is 3.07. The van der Waals surface area contributed by atoms with Gasteiger partial charge in [-0.15, -0.1) is 0 Å². The summed E-state index contributed by atoms with van der Waals surface area (Å²) in [6.07, 6.45) is 5.50. The third-order valence-electron chi connectivity index (χ3n) is 8.75. The van der Waals surface area contributed by atoms with E-state index in [4.69, 9.17) is 9.72 Å². The van der Waals surface area contributed by atoms with Crippen LogP contribution < -0.4 is 10.1 Å². The minimum Gasteiger partial charge on any atom is -0.497 e. The van der Waals surface area contributed by atoms with E-state index < -0.39 is 0 Å². The number of rotatable bonds is 9. The van der Waals surface area contributed by atoms with Crippen LogP contribution in [-0.2, 0) is 19.4 Å². The zero-order chi connectivity index (χ0) is 29.6. The van der Waals surface area contributed by atoms with Gasteiger partial charge in [-0.2, -0.15) is 0 Å². The first-order valence-corrected chi connectivity index (χ1v) is 15.3. The van der Waals surface area contributed by atoms with Gasteiger partial charge in [0.25, 0.3) is 5.91 Å². The number of aromatic nitrogens is 1. The van der Waals surface area contributed by atoms with Crippen molar-refractivity contribution in [3.05, 3.63) is 137 Å². The number of anilines is 1. The number of hydrogen-bond acceptors (Lipinski definition) is 4. The number of nitrogens with one attached hydrogen (secondary N) is 1. The summed E-state index contributed by atoms with van der Waals surface area (Å²) in [5, 5.41) is 4.72. The van der Waals surface area contributed by atoms with Crippen LogP contribution >= 0.6 is 0 Å². The SMILES string of the molecule is COc1ccc(CCc2ccc(C)c3c(NCc4ccccc4)c(C(=O)N4CCC(c5ccccc5)CC4)cnc23)cc1. The molecule has 1 N–H and O–H groups in total. The molecular weight excluding hydrogens is 530 g/mol. The molecule has 1 aliphatic heterocycles. The summed E-state index contributed by atoms with van der Waals surface area (Å²) in [7, 11) is 1.69. The fourth-order valence-corrected chi connectivity index (χ4v) is 6.24. The number of carbonyl (C=O) groups excluding carboxylic acids is 1. The topological polar surface area (TPSA) is 54.5 Å². The van der Waals surface area contributed by atoms with E-state index in [1.165, 1.54) is 22.3 Å². The number of pyridine rings is 1. The van der Waals surface area contributed by atoms with Crippen molar-refractivity contribution in [2.24, 2.45) is 0 Å². The summed E-state index contributed by atoms with van der Waals surface area (Å²) in [5.41, 5.74) is 8.58. The molecule has 0 spiro atoms. The quantitative estimate of drug-likeness (QED) is 0.196. The fourth-order valence-electron chi connectivity index (χ4n) is 6.24. The van der Waals surface area contributed by atoms with Crippen molar-refractivity contribution in [1.29, 1.82) is 0 Å². The Morgan fingerprint density at radius 2 is 1.56 bits per heavy atom. The van der Waals surface area contributed by atoms with Crippen LogP contribution in [0.3, 0.4) is 0 Å². The lowest BCUT2D eigenvalue weighted by Crippen LogP contribution is -2.38. The van der Waals surface area contributed by atoms with Gasteiger partial charge in [0, 0.05) is 31.2 Å². The molecule has 0 unspecified atom stereocenters. The Morgan fingerprint density at radius 1 is 0.860 bits per heavy atom. The van der Waals surface area contributed by atoms with Crippen LogP contribution in [0.2, 0.25) is 0 Å². The Balaban J connectivity index is 1.30. The molecule has 0 aliphatic carbocycles. The molecule has 43 heavy (non-hydrogen) atoms. The molecule has 0 radical (unpaired) electrons. The first-order valence-electron chi connectivity index (χ1n) is 15.3. The van der Waals surface area contributed by atoms with Gasteiger partial charge in [0.2, 0.25) is 0 Å². The van der Waals surface area contributed by atoms with Crippen molar-refractivity contribution in [2.75, 3.05) is 25.5 Å². The van der Waals surface area contributed by atoms with Crippen LogP contribution in [0.5, 0.6) is 5.75 Å². The predicted molar refractivity (Wildman–Crippen MR) is 175 cm³/mol. The van der Waals surface area contributed by atoms with Gasteiger partial charge in [-0.05, 0) is 78.5 Å². The molecule has 5 heteroatoms. The lowest BCUT2D eigenvalue weighted by molar-refractivity contribution is 0.0713. The maximum atomic E-state index is 14.1. The van der Waals surface area contributed by atoms with E-state index in [1.54, 1.807) is 13.3 Å². The van der Waals surface area contributed by atoms with Crippen molar-refractivity contribution in [2.45, 2.75) is 45.1 Å². The Morgan fingerprint density at radius 3 is 2.26 bits per heavy atom. The second-order valence-corrected chi connectivity index (χ2v) is 11.5. The Bertz CT molecular complexity index is 1680. The normalized spacial score (nSPS) is 13.7. The molecule has 1 saturated heterocycles. The summed E-state index contributed by atoms with van der Waals surface area (Å²) < 4.78 is 5.32. The van der Waals surface area contributed by atoms with Crippen LogP contribution in [0.25, 0.3) is 10.9 Å². The third kappa shape index (κ3) is 6.41. The van der Waals surface area contributed by atoms with Gasteiger partial charge in [0.15, 0.2) is 0 Å². The summed E-state index contributed by atoms with van der Waals surface area (Å²) in [6.45, 7) is 4.24. The van der Waals surface area contributed by atoms with Gasteiger partial charge in [-0.1, -0.05) is 84.9 Å². The second kappa shape index (κ2) is 13.1. The second-order valence-electron chi connectivity index (χ2n) is 11.5. The van der Waals surface area contributed by atoms with Gasteiger partial charge in [-0.25, -0.2) is 0 Å². The number of hydrogen-bond donors (Lipinski definition) is 1. The van der Waals surface area contributed by atoms with Crippen LogP contribution in [0.4, 0.5) is 5.69 Å². The minimum atomic E-state index is 0.0551. The molecule has 1 fully saturated rings. The summed E-state index contributed by atoms with van der Waals surface area (Å²) in [4.78, 5) is 21.1. The summed E-state index contributed by atoms with van der Waals surface area (Å²) in [6, 6.07) is 33.6. The number of benzene rings is 4. The van der Waals surface area contributed by atoms with Gasteiger partial charge < -0.3 is 15.0 Å². The fraction of sp³-hybridized carbons (Fsp3) is 0.263. The molecule has 2 heterocycles. The molecule has 0 bridgehead atoms. The van der Waals surface area contributed by atoms with E-state index in [0.29, 0.717) is 18.0 Å². The number of likely N-dealkylation sites (tertiary alicyclic amines) is 1. The number of nitrogens with zero attached hydrogens (tertiary/aromatic N) is 2. The molecule has 1 amide bonds. The van der Waals surface area contributed by atoms with Crippen LogP contribution in [0.1, 0.15) is 56.9 Å². The van der Waals surface area contributed by atoms with Crippen molar-refractivity contribution >= 4 is 22.5 Å². The zero-order valence-corrected chi connectivity index (χ0v) is 25.1. The van der Waals surface area contributed by atoms with Gasteiger partial charge in [0.1, 0.15) is 5.75 Å². The van der Waals surface area contributed by atoms with E-state index in [1.807, 2.05) is 35.2 Å². The molecule has 5 aromatic rings. The molecule has 0 atom stereocenters. The first-order chi connectivity index (χ1) is 21.1. The number of aryl methyl sites for hydroxylation is 3. The number of amides is 1. The van der Waals surface area contributed by atoms with Crippen LogP contribution in [-0.4, -0.2) is 36.0 Å². The molecule has 1 aromatic heterocycles. The van der Waals surface area contributed by atoms with Gasteiger partial charge in [0.05, 0.1) is 23.9 Å². The average molecular weight is 570 g/mol. The number of fused-ring (bicyclic) bond motifs is 1. The molecule has 5 nitrogen and oxygen atoms in total. The highest BCUT2D eigenvalue weighted by atomic mass is 16.5. The number of piperidine rings is 1. The van der Waals surface area contributed by atoms with E-state index in [9.17, 15) is 4.79 Å². The molecule has 4 aromatic carbocycles. The highest BCUT2D eigenvalue weighted by molar-refractivity contribution is 6.08. The summed E-state index contributed by atoms with van der Waals surface area (Å²) >= 11 is 0. The third-order valence-corrected chi connectivity index (χ3v) is 8.75. The van der Waals surface area contributed by atoms with Crippen LogP contribution in [0, 0.1) is 6.92 Å². The smallest absolute Gasteiger partial charge is 0.257 e. The van der Waals surface area contributed by atoms with Crippen molar-refractivity contribution in [1.82, 2.24) is 9.88 Å². The Hall–Kier alpha value is -4.64. The highest BCUT2D eigenvalue weighted by Gasteiger charge is 2.27. The predicted octanol–water partition coefficient (Wildman–Crippen LogP) is 7.97. The van der Waals surface area contributed by atoms with Gasteiger partial charge >= 0.3 is 0 Å². The standard InChI is InChI=1S/C38H39N3O2/c1-27-13-17-32(18-14-28-15-19-33(43-2)20-16-28)36-35(27)37(39-25-29-9-5-3-6-10-29)34(26-40-36)38(42)41-23-21-31(22-24-41)30-11-7-4-8-12-30/h3-13,15-17,19-20,26,31H,14,18,21-25H2,1-2H3,(H,39,40). The largest absolute Gasteiger partial charge is 0.497 e. The van der Waals surface area contributed by atoms with Crippen molar-refractivity contribution in [3.8, 4) is 5.75 Å². The molecule has 6 rings (SSSR count). The first kappa shape index (κ1) is 28.5. The zero-order valence-electron chi connectivity index (χ0n) is 25.1. The van der Waals surface area contributed by atoms with Gasteiger partial charge in [-0.3, -0.25) is 9.78 Å². The Labute approximate surface area is 254 Å². The molecule has 1 aliphatic rings. The van der Waals surface area contributed by atoms with Crippen molar-refractivity contribution in [3.63, 3.8) is 0 Å². The molecular formula is C38H39N3O2. The number of carbonyl (C=O) groups is 1. The lowest BCUT2D eigenvalue weighted by Gasteiger charge is -2.33. The van der Waals surface area contributed by atoms with Crippen LogP contribution in [0.15, 0.2) is 103 Å². The maximum Gasteiger partial charge on any atom is 0.257 e.